The van der Waals surface area contributed by atoms with Crippen LogP contribution in [0.3, 0.4) is 0 Å². The molecule has 0 aromatic rings. The zero-order valence-corrected chi connectivity index (χ0v) is 7.25. The van der Waals surface area contributed by atoms with Crippen molar-refractivity contribution in [2.24, 2.45) is 4.99 Å². The van der Waals surface area contributed by atoms with Crippen molar-refractivity contribution in [3.63, 3.8) is 0 Å². The van der Waals surface area contributed by atoms with E-state index in [9.17, 15) is 5.11 Å². The van der Waals surface area contributed by atoms with E-state index in [0.29, 0.717) is 6.02 Å². The molecular formula is C7H13N2O4+. The Bertz CT molecular complexity index is 233. The first-order valence-corrected chi connectivity index (χ1v) is 4.24. The van der Waals surface area contributed by atoms with Gasteiger partial charge in [0.2, 0.25) is 0 Å². The third-order valence-electron chi connectivity index (χ3n) is 2.25. The topological polar surface area (TPSA) is 87.9 Å². The highest BCUT2D eigenvalue weighted by Gasteiger charge is 2.50. The molecule has 4 atom stereocenters. The van der Waals surface area contributed by atoms with Crippen molar-refractivity contribution in [2.45, 2.75) is 24.5 Å². The summed E-state index contributed by atoms with van der Waals surface area (Å²) in [7, 11) is 1.80. The van der Waals surface area contributed by atoms with E-state index in [1.165, 1.54) is 0 Å². The number of aliphatic imine (C=N–C) groups is 1. The summed E-state index contributed by atoms with van der Waals surface area (Å²) in [6.45, 7) is -0.210. The Morgan fingerprint density at radius 2 is 2.38 bits per heavy atom. The molecule has 0 aliphatic carbocycles. The Morgan fingerprint density at radius 3 is 2.92 bits per heavy atom. The molecule has 6 nitrogen and oxygen atoms in total. The number of amidine groups is 1. The first kappa shape index (κ1) is 8.89. The van der Waals surface area contributed by atoms with E-state index < -0.39 is 24.5 Å². The Hall–Kier alpha value is -0.690. The number of fused-ring (bicyclic) bond motifs is 1. The fraction of sp³-hybridized carbons (Fsp3) is 0.857. The lowest BCUT2D eigenvalue weighted by atomic mass is 10.1. The van der Waals surface area contributed by atoms with Crippen molar-refractivity contribution in [1.82, 2.24) is 0 Å². The van der Waals surface area contributed by atoms with Crippen LogP contribution in [0.4, 0.5) is 0 Å². The molecule has 13 heavy (non-hydrogen) atoms. The normalized spacial score (nSPS) is 42.8. The van der Waals surface area contributed by atoms with E-state index in [2.05, 4.69) is 4.99 Å². The van der Waals surface area contributed by atoms with Crippen molar-refractivity contribution in [2.75, 3.05) is 13.7 Å². The van der Waals surface area contributed by atoms with E-state index in [1.54, 1.807) is 12.4 Å². The number of hydrogen-bond acceptors (Lipinski definition) is 5. The lowest BCUT2D eigenvalue weighted by Gasteiger charge is -2.13. The van der Waals surface area contributed by atoms with Crippen LogP contribution in [0.1, 0.15) is 0 Å². The molecule has 4 unspecified atom stereocenters. The molecule has 6 heteroatoms. The fourth-order valence-corrected chi connectivity index (χ4v) is 1.54. The Labute approximate surface area is 75.2 Å². The number of hydrogen-bond donors (Lipinski definition) is 3. The standard InChI is InChI=1S/C7H12N2O4/c1-8-7-9-6-5(13-7)4(11)3(2-10)12-6/h3-6,10-11H,2H2,1H3,(H,8,9)/p+1. The fourth-order valence-electron chi connectivity index (χ4n) is 1.54. The van der Waals surface area contributed by atoms with Crippen molar-refractivity contribution in [3.05, 3.63) is 0 Å². The number of nitrogens with zero attached hydrogens (tertiary/aromatic N) is 1. The zero-order chi connectivity index (χ0) is 9.42. The number of quaternary nitrogens is 1. The molecule has 74 valence electrons. The van der Waals surface area contributed by atoms with Gasteiger partial charge in [-0.15, -0.1) is 0 Å². The summed E-state index contributed by atoms with van der Waals surface area (Å²) in [5, 5.41) is 20.1. The molecule has 0 amide bonds. The first-order chi connectivity index (χ1) is 6.26. The molecule has 0 spiro atoms. The second kappa shape index (κ2) is 3.22. The van der Waals surface area contributed by atoms with Crippen LogP contribution in [0.25, 0.3) is 0 Å². The first-order valence-electron chi connectivity index (χ1n) is 4.24. The predicted molar refractivity (Wildman–Crippen MR) is 41.9 cm³/mol. The highest BCUT2D eigenvalue weighted by atomic mass is 16.6. The van der Waals surface area contributed by atoms with Crippen LogP contribution >= 0.6 is 0 Å². The second-order valence-corrected chi connectivity index (χ2v) is 3.08. The Kier molecular flexibility index (Phi) is 2.20. The van der Waals surface area contributed by atoms with E-state index in [0.717, 1.165) is 0 Å². The SMILES string of the molecule is C[NH2+]C1=NC2OC(CO)C(O)C2O1. The Morgan fingerprint density at radius 1 is 1.62 bits per heavy atom. The highest BCUT2D eigenvalue weighted by molar-refractivity contribution is 5.65. The van der Waals surface area contributed by atoms with Crippen LogP contribution in [-0.2, 0) is 9.47 Å². The van der Waals surface area contributed by atoms with Gasteiger partial charge in [-0.05, 0) is 0 Å². The van der Waals surface area contributed by atoms with Crippen molar-refractivity contribution < 1.29 is 25.0 Å². The molecule has 0 aromatic heterocycles. The van der Waals surface area contributed by atoms with E-state index in [4.69, 9.17) is 14.6 Å². The summed E-state index contributed by atoms with van der Waals surface area (Å²) < 4.78 is 10.5. The monoisotopic (exact) mass is 189 g/mol. The number of aliphatic hydroxyl groups excluding tert-OH is 2. The van der Waals surface area contributed by atoms with Gasteiger partial charge in [-0.1, -0.05) is 0 Å². The molecule has 2 aliphatic rings. The minimum absolute atomic E-state index is 0.210. The summed E-state index contributed by atoms with van der Waals surface area (Å²) in [5.74, 6) is 0. The van der Waals surface area contributed by atoms with Gasteiger partial charge in [0.05, 0.1) is 13.7 Å². The molecule has 2 rings (SSSR count). The smallest absolute Gasteiger partial charge is 0.393 e. The number of aliphatic hydroxyl groups is 2. The molecule has 1 saturated heterocycles. The minimum atomic E-state index is -0.795. The quantitative estimate of drug-likeness (QED) is 0.410. The van der Waals surface area contributed by atoms with Crippen molar-refractivity contribution in [3.8, 4) is 0 Å². The van der Waals surface area contributed by atoms with Crippen molar-refractivity contribution >= 4 is 6.02 Å². The molecule has 0 aromatic carbocycles. The summed E-state index contributed by atoms with van der Waals surface area (Å²) in [6.07, 6.45) is -2.28. The Balaban J connectivity index is 2.07. The molecule has 0 saturated carbocycles. The maximum atomic E-state index is 9.58. The van der Waals surface area contributed by atoms with Gasteiger partial charge in [-0.3, -0.25) is 5.32 Å². The second-order valence-electron chi connectivity index (χ2n) is 3.08. The average Bonchev–Trinajstić information content (AvgIpc) is 2.65. The van der Waals surface area contributed by atoms with Crippen LogP contribution in [0.2, 0.25) is 0 Å². The third-order valence-corrected chi connectivity index (χ3v) is 2.25. The number of nitrogens with two attached hydrogens (primary N) is 1. The van der Waals surface area contributed by atoms with Gasteiger partial charge in [0.25, 0.3) is 0 Å². The van der Waals surface area contributed by atoms with Crippen LogP contribution in [-0.4, -0.2) is 54.4 Å². The van der Waals surface area contributed by atoms with Gasteiger partial charge in [-0.2, -0.15) is 4.99 Å². The average molecular weight is 189 g/mol. The molecule has 0 bridgehead atoms. The maximum Gasteiger partial charge on any atom is 0.393 e. The highest BCUT2D eigenvalue weighted by Crippen LogP contribution is 2.27. The summed E-state index contributed by atoms with van der Waals surface area (Å²) in [5.41, 5.74) is 0. The van der Waals surface area contributed by atoms with Gasteiger partial charge >= 0.3 is 6.02 Å². The summed E-state index contributed by atoms with van der Waals surface area (Å²) in [4.78, 5) is 4.06. The van der Waals surface area contributed by atoms with Crippen LogP contribution in [0, 0.1) is 0 Å². The molecule has 0 radical (unpaired) electrons. The zero-order valence-electron chi connectivity index (χ0n) is 7.25. The number of rotatable bonds is 1. The molecule has 2 aliphatic heterocycles. The molecule has 1 fully saturated rings. The molecular weight excluding hydrogens is 176 g/mol. The number of ether oxygens (including phenoxy) is 2. The van der Waals surface area contributed by atoms with Crippen LogP contribution < -0.4 is 5.32 Å². The molecule has 2 heterocycles. The lowest BCUT2D eigenvalue weighted by Crippen LogP contribution is -2.84. The minimum Gasteiger partial charge on any atom is -0.426 e. The van der Waals surface area contributed by atoms with Gasteiger partial charge in [0.15, 0.2) is 12.3 Å². The summed E-state index contributed by atoms with van der Waals surface area (Å²) >= 11 is 0. The summed E-state index contributed by atoms with van der Waals surface area (Å²) in [6, 6.07) is 0.491. The van der Waals surface area contributed by atoms with E-state index in [-0.39, 0.29) is 6.61 Å². The van der Waals surface area contributed by atoms with Gasteiger partial charge in [0, 0.05) is 0 Å². The van der Waals surface area contributed by atoms with Crippen LogP contribution in [0.15, 0.2) is 4.99 Å². The van der Waals surface area contributed by atoms with Gasteiger partial charge in [0.1, 0.15) is 12.2 Å². The van der Waals surface area contributed by atoms with Gasteiger partial charge < -0.3 is 19.7 Å². The van der Waals surface area contributed by atoms with Crippen LogP contribution in [0.5, 0.6) is 0 Å². The third kappa shape index (κ3) is 1.31. The largest absolute Gasteiger partial charge is 0.426 e. The van der Waals surface area contributed by atoms with Crippen molar-refractivity contribution in [1.29, 1.82) is 0 Å². The van der Waals surface area contributed by atoms with Gasteiger partial charge in [-0.25, -0.2) is 0 Å². The maximum absolute atomic E-state index is 9.58. The molecule has 4 N–H and O–H groups in total. The lowest BCUT2D eigenvalue weighted by molar-refractivity contribution is -0.524. The predicted octanol–water partition coefficient (Wildman–Crippen LogP) is -2.99. The van der Waals surface area contributed by atoms with E-state index in [1.807, 2.05) is 0 Å². The van der Waals surface area contributed by atoms with E-state index >= 15 is 0 Å².